The Morgan fingerprint density at radius 3 is 2.27 bits per heavy atom. The molecule has 0 unspecified atom stereocenters. The smallest absolute Gasteiger partial charge is 0.225 e. The second kappa shape index (κ2) is 8.23. The van der Waals surface area contributed by atoms with E-state index in [0.29, 0.717) is 6.54 Å². The fourth-order valence-corrected chi connectivity index (χ4v) is 2.94. The minimum atomic E-state index is -0.986. The van der Waals surface area contributed by atoms with E-state index in [0.717, 1.165) is 44.0 Å². The van der Waals surface area contributed by atoms with Gasteiger partial charge in [0.05, 0.1) is 0 Å². The predicted octanol–water partition coefficient (Wildman–Crippen LogP) is 3.25. The Labute approximate surface area is 150 Å². The van der Waals surface area contributed by atoms with Gasteiger partial charge in [0.2, 0.25) is 5.91 Å². The molecular weight excluding hydrogens is 343 g/mol. The second-order valence-electron chi connectivity index (χ2n) is 6.23. The third-order valence-electron chi connectivity index (χ3n) is 4.42. The summed E-state index contributed by atoms with van der Waals surface area (Å²) in [5, 5.41) is 2.57. The van der Waals surface area contributed by atoms with Crippen LogP contribution in [0.1, 0.15) is 6.42 Å². The Kier molecular flexibility index (Phi) is 5.78. The molecule has 1 heterocycles. The van der Waals surface area contributed by atoms with E-state index >= 15 is 0 Å². The van der Waals surface area contributed by atoms with E-state index < -0.39 is 11.6 Å². The van der Waals surface area contributed by atoms with Crippen molar-refractivity contribution in [1.82, 2.24) is 4.90 Å². The quantitative estimate of drug-likeness (QED) is 0.886. The summed E-state index contributed by atoms with van der Waals surface area (Å²) in [5.74, 6) is -2.42. The SMILES string of the molecule is O=C(CCN1CCN(c2ccc(F)cc2)CC1)Nc1ccc(F)c(F)c1. The van der Waals surface area contributed by atoms with Crippen molar-refractivity contribution in [2.75, 3.05) is 42.9 Å². The zero-order chi connectivity index (χ0) is 18.5. The van der Waals surface area contributed by atoms with E-state index in [4.69, 9.17) is 0 Å². The van der Waals surface area contributed by atoms with Gasteiger partial charge >= 0.3 is 0 Å². The Balaban J connectivity index is 1.42. The maximum Gasteiger partial charge on any atom is 0.225 e. The number of nitrogens with one attached hydrogen (secondary N) is 1. The van der Waals surface area contributed by atoms with Gasteiger partial charge in [0.25, 0.3) is 0 Å². The molecule has 0 radical (unpaired) electrons. The van der Waals surface area contributed by atoms with Crippen LogP contribution in [-0.4, -0.2) is 43.5 Å². The van der Waals surface area contributed by atoms with E-state index in [2.05, 4.69) is 15.1 Å². The second-order valence-corrected chi connectivity index (χ2v) is 6.23. The average molecular weight is 363 g/mol. The first-order valence-corrected chi connectivity index (χ1v) is 8.49. The molecule has 0 aliphatic carbocycles. The zero-order valence-electron chi connectivity index (χ0n) is 14.2. The first-order chi connectivity index (χ1) is 12.5. The molecule has 1 aliphatic heterocycles. The first kappa shape index (κ1) is 18.3. The predicted molar refractivity (Wildman–Crippen MR) is 94.7 cm³/mol. The monoisotopic (exact) mass is 363 g/mol. The van der Waals surface area contributed by atoms with E-state index in [1.54, 1.807) is 12.1 Å². The van der Waals surface area contributed by atoms with E-state index in [1.165, 1.54) is 18.2 Å². The van der Waals surface area contributed by atoms with Crippen molar-refractivity contribution in [3.8, 4) is 0 Å². The summed E-state index contributed by atoms with van der Waals surface area (Å²) in [4.78, 5) is 16.3. The first-order valence-electron chi connectivity index (χ1n) is 8.49. The summed E-state index contributed by atoms with van der Waals surface area (Å²) in [5.41, 5.74) is 1.23. The van der Waals surface area contributed by atoms with Crippen LogP contribution in [0.4, 0.5) is 24.5 Å². The van der Waals surface area contributed by atoms with Crippen molar-refractivity contribution < 1.29 is 18.0 Å². The molecule has 1 aliphatic rings. The van der Waals surface area contributed by atoms with Gasteiger partial charge in [-0.25, -0.2) is 13.2 Å². The third kappa shape index (κ3) is 4.76. The molecule has 138 valence electrons. The molecule has 3 rings (SSSR count). The highest BCUT2D eigenvalue weighted by molar-refractivity contribution is 5.90. The Hall–Kier alpha value is -2.54. The number of piperazine rings is 1. The zero-order valence-corrected chi connectivity index (χ0v) is 14.2. The summed E-state index contributed by atoms with van der Waals surface area (Å²) in [7, 11) is 0. The van der Waals surface area contributed by atoms with Crippen LogP contribution in [0.3, 0.4) is 0 Å². The van der Waals surface area contributed by atoms with Gasteiger partial charge in [0.1, 0.15) is 5.82 Å². The average Bonchev–Trinajstić information content (AvgIpc) is 2.64. The molecular formula is C19H20F3N3O. The number of hydrogen-bond acceptors (Lipinski definition) is 3. The van der Waals surface area contributed by atoms with Gasteiger partial charge in [-0.3, -0.25) is 9.69 Å². The van der Waals surface area contributed by atoms with Crippen LogP contribution in [0.5, 0.6) is 0 Å². The lowest BCUT2D eigenvalue weighted by atomic mass is 10.2. The highest BCUT2D eigenvalue weighted by atomic mass is 19.2. The van der Waals surface area contributed by atoms with Crippen molar-refractivity contribution in [1.29, 1.82) is 0 Å². The van der Waals surface area contributed by atoms with E-state index in [9.17, 15) is 18.0 Å². The van der Waals surface area contributed by atoms with Crippen LogP contribution >= 0.6 is 0 Å². The van der Waals surface area contributed by atoms with Crippen LogP contribution in [0.15, 0.2) is 42.5 Å². The van der Waals surface area contributed by atoms with Gasteiger partial charge in [0, 0.05) is 56.6 Å². The largest absolute Gasteiger partial charge is 0.369 e. The summed E-state index contributed by atoms with van der Waals surface area (Å²) >= 11 is 0. The van der Waals surface area contributed by atoms with Crippen molar-refractivity contribution in [2.24, 2.45) is 0 Å². The number of anilines is 2. The minimum absolute atomic E-state index is 0.239. The molecule has 1 amide bonds. The summed E-state index contributed by atoms with van der Waals surface area (Å²) in [6.45, 7) is 3.80. The van der Waals surface area contributed by atoms with Crippen molar-refractivity contribution in [2.45, 2.75) is 6.42 Å². The van der Waals surface area contributed by atoms with Crippen LogP contribution in [0, 0.1) is 17.5 Å². The standard InChI is InChI=1S/C19H20F3N3O/c20-14-1-4-16(5-2-14)25-11-9-24(10-12-25)8-7-19(26)23-15-3-6-17(21)18(22)13-15/h1-6,13H,7-12H2,(H,23,26). The molecule has 0 saturated carbocycles. The van der Waals surface area contributed by atoms with Crippen molar-refractivity contribution in [3.63, 3.8) is 0 Å². The Bertz CT molecular complexity index is 759. The fourth-order valence-electron chi connectivity index (χ4n) is 2.94. The lowest BCUT2D eigenvalue weighted by Crippen LogP contribution is -2.47. The maximum atomic E-state index is 13.1. The molecule has 7 heteroatoms. The van der Waals surface area contributed by atoms with Gasteiger partial charge in [-0.2, -0.15) is 0 Å². The lowest BCUT2D eigenvalue weighted by Gasteiger charge is -2.36. The van der Waals surface area contributed by atoms with Gasteiger partial charge in [-0.15, -0.1) is 0 Å². The van der Waals surface area contributed by atoms with Crippen LogP contribution < -0.4 is 10.2 Å². The number of carbonyl (C=O) groups excluding carboxylic acids is 1. The molecule has 0 atom stereocenters. The number of nitrogens with zero attached hydrogens (tertiary/aromatic N) is 2. The van der Waals surface area contributed by atoms with Gasteiger partial charge < -0.3 is 10.2 Å². The molecule has 26 heavy (non-hydrogen) atoms. The van der Waals surface area contributed by atoms with Gasteiger partial charge in [-0.05, 0) is 36.4 Å². The topological polar surface area (TPSA) is 35.6 Å². The molecule has 2 aromatic rings. The Morgan fingerprint density at radius 2 is 1.62 bits per heavy atom. The molecule has 1 N–H and O–H groups in total. The highest BCUT2D eigenvalue weighted by Crippen LogP contribution is 2.17. The number of carbonyl (C=O) groups is 1. The normalized spacial score (nSPS) is 15.1. The Morgan fingerprint density at radius 1 is 0.923 bits per heavy atom. The van der Waals surface area contributed by atoms with Gasteiger partial charge in [0.15, 0.2) is 11.6 Å². The molecule has 0 aromatic heterocycles. The van der Waals surface area contributed by atoms with Crippen LogP contribution in [0.2, 0.25) is 0 Å². The number of amides is 1. The van der Waals surface area contributed by atoms with Crippen LogP contribution in [0.25, 0.3) is 0 Å². The van der Waals surface area contributed by atoms with Crippen molar-refractivity contribution >= 4 is 17.3 Å². The van der Waals surface area contributed by atoms with Crippen molar-refractivity contribution in [3.05, 3.63) is 59.9 Å². The lowest BCUT2D eigenvalue weighted by molar-refractivity contribution is -0.116. The molecule has 0 spiro atoms. The fraction of sp³-hybridized carbons (Fsp3) is 0.316. The van der Waals surface area contributed by atoms with Gasteiger partial charge in [-0.1, -0.05) is 0 Å². The molecule has 1 fully saturated rings. The number of halogens is 3. The summed E-state index contributed by atoms with van der Waals surface area (Å²) < 4.78 is 39.0. The molecule has 1 saturated heterocycles. The summed E-state index contributed by atoms with van der Waals surface area (Å²) in [6, 6.07) is 9.71. The summed E-state index contributed by atoms with van der Waals surface area (Å²) in [6.07, 6.45) is 0.273. The molecule has 4 nitrogen and oxygen atoms in total. The highest BCUT2D eigenvalue weighted by Gasteiger charge is 2.18. The van der Waals surface area contributed by atoms with E-state index in [-0.39, 0.29) is 23.8 Å². The molecule has 2 aromatic carbocycles. The molecule has 0 bridgehead atoms. The number of hydrogen-bond donors (Lipinski definition) is 1. The minimum Gasteiger partial charge on any atom is -0.369 e. The maximum absolute atomic E-state index is 13.1. The third-order valence-corrected chi connectivity index (χ3v) is 4.42. The van der Waals surface area contributed by atoms with E-state index in [1.807, 2.05) is 0 Å². The number of rotatable bonds is 5. The van der Waals surface area contributed by atoms with Crippen LogP contribution in [-0.2, 0) is 4.79 Å². The number of benzene rings is 2.